The first-order valence-corrected chi connectivity index (χ1v) is 9.40. The zero-order chi connectivity index (χ0) is 14.2. The van der Waals surface area contributed by atoms with Gasteiger partial charge in [0.05, 0.1) is 23.7 Å². The lowest BCUT2D eigenvalue weighted by atomic mass is 10.1. The van der Waals surface area contributed by atoms with Crippen molar-refractivity contribution in [3.8, 4) is 0 Å². The number of nitrogens with zero attached hydrogens (tertiary/aromatic N) is 2. The van der Waals surface area contributed by atoms with E-state index in [0.717, 1.165) is 19.5 Å². The maximum absolute atomic E-state index is 11.7. The van der Waals surface area contributed by atoms with Crippen molar-refractivity contribution in [1.29, 1.82) is 0 Å². The van der Waals surface area contributed by atoms with Gasteiger partial charge in [0.1, 0.15) is 0 Å². The standard InChI is InChI=1S/C14H23N3O2S/c1-2-6-15-8-12-9-16-17(14(12)11-3-4-11)13-5-7-20(18,19)10-13/h9,11,13,15H,2-8,10H2,1H3. The Morgan fingerprint density at radius 1 is 1.40 bits per heavy atom. The third kappa shape index (κ3) is 2.91. The Balaban J connectivity index is 1.80. The average molecular weight is 297 g/mol. The van der Waals surface area contributed by atoms with Gasteiger partial charge in [0.25, 0.3) is 0 Å². The maximum atomic E-state index is 11.7. The third-order valence-corrected chi connectivity index (χ3v) is 5.92. The van der Waals surface area contributed by atoms with E-state index < -0.39 is 9.84 Å². The first kappa shape index (κ1) is 14.1. The molecule has 0 aromatic carbocycles. The second kappa shape index (κ2) is 5.48. The van der Waals surface area contributed by atoms with Crippen molar-refractivity contribution in [1.82, 2.24) is 15.1 Å². The van der Waals surface area contributed by atoms with Gasteiger partial charge >= 0.3 is 0 Å². The molecule has 20 heavy (non-hydrogen) atoms. The summed E-state index contributed by atoms with van der Waals surface area (Å²) in [6.07, 6.45) is 6.19. The molecular weight excluding hydrogens is 274 g/mol. The molecule has 1 atom stereocenters. The molecule has 1 unspecified atom stereocenters. The second-order valence-corrected chi connectivity index (χ2v) is 8.24. The van der Waals surface area contributed by atoms with Crippen LogP contribution in [-0.4, -0.2) is 36.2 Å². The van der Waals surface area contributed by atoms with Crippen LogP contribution in [0, 0.1) is 0 Å². The van der Waals surface area contributed by atoms with Gasteiger partial charge in [-0.25, -0.2) is 8.42 Å². The first-order valence-electron chi connectivity index (χ1n) is 7.58. The van der Waals surface area contributed by atoms with E-state index in [1.54, 1.807) is 0 Å². The smallest absolute Gasteiger partial charge is 0.152 e. The average Bonchev–Trinajstić information content (AvgIpc) is 3.06. The molecular formula is C14H23N3O2S. The highest BCUT2D eigenvalue weighted by Crippen LogP contribution is 2.43. The lowest BCUT2D eigenvalue weighted by Crippen LogP contribution is -2.17. The van der Waals surface area contributed by atoms with E-state index in [0.29, 0.717) is 18.1 Å². The Morgan fingerprint density at radius 3 is 2.80 bits per heavy atom. The minimum absolute atomic E-state index is 0.0514. The van der Waals surface area contributed by atoms with Crippen molar-refractivity contribution in [2.45, 2.75) is 51.1 Å². The van der Waals surface area contributed by atoms with Crippen molar-refractivity contribution >= 4 is 9.84 Å². The van der Waals surface area contributed by atoms with Crippen LogP contribution in [0.3, 0.4) is 0 Å². The van der Waals surface area contributed by atoms with Crippen LogP contribution in [-0.2, 0) is 16.4 Å². The largest absolute Gasteiger partial charge is 0.313 e. The van der Waals surface area contributed by atoms with E-state index in [-0.39, 0.29) is 11.8 Å². The molecule has 1 aliphatic carbocycles. The quantitative estimate of drug-likeness (QED) is 0.810. The highest BCUT2D eigenvalue weighted by Gasteiger charge is 2.36. The zero-order valence-electron chi connectivity index (χ0n) is 12.0. The van der Waals surface area contributed by atoms with Crippen LogP contribution in [0.5, 0.6) is 0 Å². The number of rotatable bonds is 6. The molecule has 5 nitrogen and oxygen atoms in total. The lowest BCUT2D eigenvalue weighted by Gasteiger charge is -2.14. The fourth-order valence-corrected chi connectivity index (χ4v) is 4.70. The summed E-state index contributed by atoms with van der Waals surface area (Å²) in [6, 6.07) is 0.0514. The maximum Gasteiger partial charge on any atom is 0.152 e. The minimum Gasteiger partial charge on any atom is -0.313 e. The molecule has 2 fully saturated rings. The van der Waals surface area contributed by atoms with Crippen LogP contribution < -0.4 is 5.32 Å². The third-order valence-electron chi connectivity index (χ3n) is 4.17. The predicted molar refractivity (Wildman–Crippen MR) is 78.5 cm³/mol. The Hall–Kier alpha value is -0.880. The molecule has 0 radical (unpaired) electrons. The summed E-state index contributed by atoms with van der Waals surface area (Å²) in [5.41, 5.74) is 2.54. The molecule has 112 valence electrons. The fourth-order valence-electron chi connectivity index (χ4n) is 3.01. The van der Waals surface area contributed by atoms with Gasteiger partial charge in [-0.05, 0) is 32.2 Å². The van der Waals surface area contributed by atoms with E-state index in [9.17, 15) is 8.42 Å². The SMILES string of the molecule is CCCNCc1cnn(C2CCS(=O)(=O)C2)c1C1CC1. The van der Waals surface area contributed by atoms with Gasteiger partial charge in [0.15, 0.2) is 9.84 Å². The van der Waals surface area contributed by atoms with Crippen LogP contribution in [0.1, 0.15) is 55.8 Å². The Labute approximate surface area is 120 Å². The van der Waals surface area contributed by atoms with Crippen molar-refractivity contribution in [2.24, 2.45) is 0 Å². The van der Waals surface area contributed by atoms with Gasteiger partial charge in [0, 0.05) is 23.7 Å². The van der Waals surface area contributed by atoms with Gasteiger partial charge in [0.2, 0.25) is 0 Å². The molecule has 2 heterocycles. The lowest BCUT2D eigenvalue weighted by molar-refractivity contribution is 0.479. The van der Waals surface area contributed by atoms with Crippen molar-refractivity contribution in [2.75, 3.05) is 18.1 Å². The number of hydrogen-bond donors (Lipinski definition) is 1. The second-order valence-electron chi connectivity index (χ2n) is 6.01. The van der Waals surface area contributed by atoms with E-state index in [2.05, 4.69) is 17.3 Å². The molecule has 1 saturated carbocycles. The first-order chi connectivity index (χ1) is 9.61. The molecule has 2 aliphatic rings. The summed E-state index contributed by atoms with van der Waals surface area (Å²) in [7, 11) is -2.85. The van der Waals surface area contributed by atoms with Crippen LogP contribution in [0.15, 0.2) is 6.20 Å². The Bertz CT molecular complexity index is 575. The zero-order valence-corrected chi connectivity index (χ0v) is 12.8. The molecule has 0 spiro atoms. The molecule has 1 aliphatic heterocycles. The van der Waals surface area contributed by atoms with Gasteiger partial charge in [-0.3, -0.25) is 4.68 Å². The Kier molecular flexibility index (Phi) is 3.86. The molecule has 3 rings (SSSR count). The molecule has 1 N–H and O–H groups in total. The summed E-state index contributed by atoms with van der Waals surface area (Å²) >= 11 is 0. The van der Waals surface area contributed by atoms with Crippen LogP contribution in [0.25, 0.3) is 0 Å². The minimum atomic E-state index is -2.85. The Morgan fingerprint density at radius 2 is 2.20 bits per heavy atom. The van der Waals surface area contributed by atoms with E-state index >= 15 is 0 Å². The van der Waals surface area contributed by atoms with Gasteiger partial charge in [-0.15, -0.1) is 0 Å². The molecule has 1 saturated heterocycles. The highest BCUT2D eigenvalue weighted by molar-refractivity contribution is 7.91. The normalized spacial score (nSPS) is 25.1. The summed E-state index contributed by atoms with van der Waals surface area (Å²) < 4.78 is 25.4. The molecule has 6 heteroatoms. The number of hydrogen-bond acceptors (Lipinski definition) is 4. The van der Waals surface area contributed by atoms with Crippen LogP contribution in [0.4, 0.5) is 0 Å². The molecule has 0 bridgehead atoms. The molecule has 1 aromatic rings. The number of aromatic nitrogens is 2. The highest BCUT2D eigenvalue weighted by atomic mass is 32.2. The summed E-state index contributed by atoms with van der Waals surface area (Å²) in [5, 5.41) is 7.94. The fraction of sp³-hybridized carbons (Fsp3) is 0.786. The number of sulfone groups is 1. The van der Waals surface area contributed by atoms with Crippen molar-refractivity contribution < 1.29 is 8.42 Å². The molecule has 0 amide bonds. The van der Waals surface area contributed by atoms with E-state index in [1.165, 1.54) is 24.1 Å². The monoisotopic (exact) mass is 297 g/mol. The predicted octanol–water partition coefficient (Wildman–Crippen LogP) is 1.62. The molecule has 1 aromatic heterocycles. The summed E-state index contributed by atoms with van der Waals surface area (Å²) in [4.78, 5) is 0. The summed E-state index contributed by atoms with van der Waals surface area (Å²) in [5.74, 6) is 1.17. The van der Waals surface area contributed by atoms with Gasteiger partial charge in [-0.1, -0.05) is 6.92 Å². The van der Waals surface area contributed by atoms with Gasteiger partial charge < -0.3 is 5.32 Å². The van der Waals surface area contributed by atoms with E-state index in [4.69, 9.17) is 0 Å². The van der Waals surface area contributed by atoms with E-state index in [1.807, 2.05) is 10.9 Å². The van der Waals surface area contributed by atoms with Crippen molar-refractivity contribution in [3.05, 3.63) is 17.5 Å². The van der Waals surface area contributed by atoms with Crippen molar-refractivity contribution in [3.63, 3.8) is 0 Å². The van der Waals surface area contributed by atoms with Gasteiger partial charge in [-0.2, -0.15) is 5.10 Å². The number of nitrogens with one attached hydrogen (secondary N) is 1. The van der Waals surface area contributed by atoms with Crippen LogP contribution >= 0.6 is 0 Å². The topological polar surface area (TPSA) is 64.0 Å². The van der Waals surface area contributed by atoms with Crippen LogP contribution in [0.2, 0.25) is 0 Å². The summed E-state index contributed by atoms with van der Waals surface area (Å²) in [6.45, 7) is 4.01.